The number of fused-ring (bicyclic) bond motifs is 1. The first-order valence-electron chi connectivity index (χ1n) is 4.52. The van der Waals surface area contributed by atoms with E-state index in [2.05, 4.69) is 31.2 Å². The summed E-state index contributed by atoms with van der Waals surface area (Å²) in [5.74, 6) is 0. The van der Waals surface area contributed by atoms with Crippen LogP contribution in [-0.2, 0) is 0 Å². The van der Waals surface area contributed by atoms with E-state index in [1.165, 1.54) is 16.7 Å². The molecule has 0 radical (unpaired) electrons. The van der Waals surface area contributed by atoms with Gasteiger partial charge in [-0.15, -0.1) is 0 Å². The molecule has 0 saturated carbocycles. The van der Waals surface area contributed by atoms with Crippen LogP contribution < -0.4 is 0 Å². The molecule has 1 heterocycles. The molecule has 0 bridgehead atoms. The van der Waals surface area contributed by atoms with E-state index in [4.69, 9.17) is 4.42 Å². The summed E-state index contributed by atoms with van der Waals surface area (Å²) in [6, 6.07) is 6.28. The second kappa shape index (κ2) is 3.48. The van der Waals surface area contributed by atoms with Crippen molar-refractivity contribution in [2.45, 2.75) is 13.3 Å². The Bertz CT molecular complexity index is 354. The van der Waals surface area contributed by atoms with Gasteiger partial charge >= 0.3 is 0 Å². The molecule has 0 spiro atoms. The minimum absolute atomic E-state index is 1.08. The van der Waals surface area contributed by atoms with Crippen molar-refractivity contribution in [1.29, 1.82) is 0 Å². The Morgan fingerprint density at radius 1 is 1.31 bits per heavy atom. The van der Waals surface area contributed by atoms with Crippen LogP contribution in [0.5, 0.6) is 0 Å². The summed E-state index contributed by atoms with van der Waals surface area (Å²) in [6.07, 6.45) is 8.85. The maximum absolute atomic E-state index is 5.08. The highest BCUT2D eigenvalue weighted by atomic mass is 16.3. The van der Waals surface area contributed by atoms with Gasteiger partial charge in [-0.05, 0) is 35.7 Å². The third-order valence-corrected chi connectivity index (χ3v) is 2.04. The lowest BCUT2D eigenvalue weighted by atomic mass is 10.2. The summed E-state index contributed by atoms with van der Waals surface area (Å²) in [5, 5.41) is 0. The summed E-state index contributed by atoms with van der Waals surface area (Å²) < 4.78 is 5.08. The molecule has 0 saturated heterocycles. The molecule has 0 fully saturated rings. The van der Waals surface area contributed by atoms with E-state index >= 15 is 0 Å². The molecule has 13 heavy (non-hydrogen) atoms. The fourth-order valence-corrected chi connectivity index (χ4v) is 1.39. The van der Waals surface area contributed by atoms with Crippen molar-refractivity contribution < 1.29 is 4.42 Å². The van der Waals surface area contributed by atoms with E-state index in [1.807, 2.05) is 6.07 Å². The van der Waals surface area contributed by atoms with E-state index in [0.29, 0.717) is 0 Å². The molecule has 1 aliphatic carbocycles. The normalized spacial score (nSPS) is 11.5. The molecule has 1 aliphatic heterocycles. The maximum Gasteiger partial charge on any atom is 0.0980 e. The first-order chi connectivity index (χ1) is 6.40. The van der Waals surface area contributed by atoms with Crippen LogP contribution in [0.25, 0.3) is 17.2 Å². The zero-order chi connectivity index (χ0) is 9.10. The van der Waals surface area contributed by atoms with Gasteiger partial charge in [0.2, 0.25) is 0 Å². The Balaban J connectivity index is 2.39. The van der Waals surface area contributed by atoms with E-state index in [1.54, 1.807) is 12.5 Å². The lowest BCUT2D eigenvalue weighted by Gasteiger charge is -1.91. The summed E-state index contributed by atoms with van der Waals surface area (Å²) in [5.41, 5.74) is 3.65. The Morgan fingerprint density at radius 2 is 2.15 bits per heavy atom. The Morgan fingerprint density at radius 3 is 2.92 bits per heavy atom. The van der Waals surface area contributed by atoms with E-state index in [-0.39, 0.29) is 0 Å². The van der Waals surface area contributed by atoms with Crippen LogP contribution >= 0.6 is 0 Å². The van der Waals surface area contributed by atoms with Gasteiger partial charge in [-0.2, -0.15) is 0 Å². The van der Waals surface area contributed by atoms with Gasteiger partial charge in [0.15, 0.2) is 0 Å². The van der Waals surface area contributed by atoms with Crippen molar-refractivity contribution in [2.24, 2.45) is 0 Å². The van der Waals surface area contributed by atoms with Crippen LogP contribution in [0, 0.1) is 0 Å². The second-order valence-corrected chi connectivity index (χ2v) is 3.07. The number of rotatable bonds is 2. The van der Waals surface area contributed by atoms with Gasteiger partial charge in [-0.25, -0.2) is 0 Å². The van der Waals surface area contributed by atoms with E-state index < -0.39 is 0 Å². The topological polar surface area (TPSA) is 13.1 Å². The van der Waals surface area contributed by atoms with Gasteiger partial charge in [0.25, 0.3) is 0 Å². The monoisotopic (exact) mass is 172 g/mol. The molecule has 0 aromatic heterocycles. The summed E-state index contributed by atoms with van der Waals surface area (Å²) in [7, 11) is 0. The highest BCUT2D eigenvalue weighted by Crippen LogP contribution is 2.26. The molecule has 0 aromatic carbocycles. The molecular weight excluding hydrogens is 160 g/mol. The van der Waals surface area contributed by atoms with Gasteiger partial charge in [-0.1, -0.05) is 19.1 Å². The minimum atomic E-state index is 1.08. The molecule has 0 aromatic rings. The first kappa shape index (κ1) is 8.11. The van der Waals surface area contributed by atoms with Gasteiger partial charge in [0, 0.05) is 5.56 Å². The lowest BCUT2D eigenvalue weighted by molar-refractivity contribution is 0.552. The lowest BCUT2D eigenvalue weighted by Crippen LogP contribution is -1.67. The van der Waals surface area contributed by atoms with Gasteiger partial charge in [0.1, 0.15) is 0 Å². The van der Waals surface area contributed by atoms with Crippen molar-refractivity contribution >= 4 is 6.08 Å². The van der Waals surface area contributed by atoms with Crippen LogP contribution in [0.2, 0.25) is 0 Å². The predicted molar refractivity (Wildman–Crippen MR) is 54.7 cm³/mol. The zero-order valence-electron chi connectivity index (χ0n) is 7.66. The SMILES string of the molecule is CCC=Cc1cc2ccocc-2c1. The molecule has 2 aliphatic rings. The Labute approximate surface area is 78.0 Å². The van der Waals surface area contributed by atoms with Crippen molar-refractivity contribution in [3.05, 3.63) is 42.4 Å². The van der Waals surface area contributed by atoms with Crippen molar-refractivity contribution in [1.82, 2.24) is 0 Å². The number of allylic oxidation sites excluding steroid dienone is 1. The molecule has 1 nitrogen and oxygen atoms in total. The van der Waals surface area contributed by atoms with Crippen LogP contribution in [0.4, 0.5) is 0 Å². The van der Waals surface area contributed by atoms with Crippen molar-refractivity contribution in [2.75, 3.05) is 0 Å². The highest BCUT2D eigenvalue weighted by Gasteiger charge is 2.03. The average Bonchev–Trinajstić information content (AvgIpc) is 2.57. The summed E-state index contributed by atoms with van der Waals surface area (Å²) in [6.45, 7) is 2.13. The predicted octanol–water partition coefficient (Wildman–Crippen LogP) is 3.81. The van der Waals surface area contributed by atoms with E-state index in [9.17, 15) is 0 Å². The summed E-state index contributed by atoms with van der Waals surface area (Å²) in [4.78, 5) is 0. The molecule has 0 amide bonds. The van der Waals surface area contributed by atoms with Crippen molar-refractivity contribution in [3.8, 4) is 11.1 Å². The standard InChI is InChI=1S/C12H12O/c1-2-3-4-10-7-11-5-6-13-9-12(11)8-10/h3-9H,2H2,1H3. The fraction of sp³-hybridized carbons (Fsp3) is 0.167. The minimum Gasteiger partial charge on any atom is -0.472 e. The molecule has 0 N–H and O–H groups in total. The number of hydrogen-bond acceptors (Lipinski definition) is 1. The van der Waals surface area contributed by atoms with E-state index in [0.717, 1.165) is 6.42 Å². The molecular formula is C12H12O. The summed E-state index contributed by atoms with van der Waals surface area (Å²) >= 11 is 0. The maximum atomic E-state index is 5.08. The van der Waals surface area contributed by atoms with Crippen LogP contribution in [0.1, 0.15) is 18.9 Å². The van der Waals surface area contributed by atoms with Crippen LogP contribution in [-0.4, -0.2) is 0 Å². The highest BCUT2D eigenvalue weighted by molar-refractivity contribution is 5.72. The first-order valence-corrected chi connectivity index (χ1v) is 4.52. The second-order valence-electron chi connectivity index (χ2n) is 3.07. The van der Waals surface area contributed by atoms with Gasteiger partial charge in [0.05, 0.1) is 12.5 Å². The Hall–Kier alpha value is -1.50. The van der Waals surface area contributed by atoms with Gasteiger partial charge < -0.3 is 4.42 Å². The average molecular weight is 172 g/mol. The molecule has 0 unspecified atom stereocenters. The smallest absolute Gasteiger partial charge is 0.0980 e. The van der Waals surface area contributed by atoms with Gasteiger partial charge in [-0.3, -0.25) is 0 Å². The third-order valence-electron chi connectivity index (χ3n) is 2.04. The number of hydrogen-bond donors (Lipinski definition) is 0. The molecule has 66 valence electrons. The molecule has 0 atom stereocenters. The van der Waals surface area contributed by atoms with Crippen LogP contribution in [0.3, 0.4) is 0 Å². The zero-order valence-corrected chi connectivity index (χ0v) is 7.66. The quantitative estimate of drug-likeness (QED) is 0.671. The van der Waals surface area contributed by atoms with Crippen molar-refractivity contribution in [3.63, 3.8) is 0 Å². The Kier molecular flexibility index (Phi) is 2.17. The fourth-order valence-electron chi connectivity index (χ4n) is 1.39. The molecule has 2 rings (SSSR count). The molecule has 1 heteroatoms. The van der Waals surface area contributed by atoms with Crippen LogP contribution in [0.15, 0.2) is 41.2 Å². The largest absolute Gasteiger partial charge is 0.472 e. The third kappa shape index (κ3) is 1.64.